The van der Waals surface area contributed by atoms with Gasteiger partial charge in [-0.1, -0.05) is 6.07 Å². The lowest BCUT2D eigenvalue weighted by molar-refractivity contribution is -0.145. The van der Waals surface area contributed by atoms with Gasteiger partial charge in [-0.15, -0.1) is 0 Å². The Morgan fingerprint density at radius 3 is 2.52 bits per heavy atom. The van der Waals surface area contributed by atoms with Gasteiger partial charge in [0, 0.05) is 63.7 Å². The Labute approximate surface area is 272 Å². The molecule has 0 spiro atoms. The van der Waals surface area contributed by atoms with Crippen molar-refractivity contribution in [3.05, 3.63) is 40.2 Å². The van der Waals surface area contributed by atoms with Gasteiger partial charge in [0.15, 0.2) is 17.3 Å². The lowest BCUT2D eigenvalue weighted by atomic mass is 9.77. The fourth-order valence-electron chi connectivity index (χ4n) is 7.89. The van der Waals surface area contributed by atoms with E-state index >= 15 is 0 Å². The van der Waals surface area contributed by atoms with Gasteiger partial charge in [-0.2, -0.15) is 5.10 Å². The number of hydrogen-bond donors (Lipinski definition) is 1. The molecule has 1 N–H and O–H groups in total. The molecule has 4 bridgehead atoms. The summed E-state index contributed by atoms with van der Waals surface area (Å²) in [6.45, 7) is 8.09. The molecule has 3 atom stereocenters. The number of amides is 3. The summed E-state index contributed by atoms with van der Waals surface area (Å²) in [6, 6.07) is 4.04. The second-order valence-electron chi connectivity index (χ2n) is 13.2. The smallest absolute Gasteiger partial charge is 0.224 e. The molecule has 2 aromatic rings. The fraction of sp³-hybridized carbons (Fsp3) is 0.629. The number of likely N-dealkylation sites (tertiary alicyclic amines) is 1. The molecule has 3 aliphatic rings. The topological polar surface area (TPSA) is 123 Å². The van der Waals surface area contributed by atoms with Crippen LogP contribution in [-0.4, -0.2) is 89.5 Å². The number of carbonyl (C=O) groups excluding carboxylic acids is 4. The van der Waals surface area contributed by atoms with Crippen LogP contribution in [-0.2, 0) is 33.8 Å². The van der Waals surface area contributed by atoms with Crippen LogP contribution in [0.3, 0.4) is 0 Å². The average Bonchev–Trinajstić information content (AvgIpc) is 3.32. The number of aromatic nitrogens is 2. The van der Waals surface area contributed by atoms with Crippen molar-refractivity contribution in [1.82, 2.24) is 24.9 Å². The Hall–Kier alpha value is -3.89. The zero-order valence-electron chi connectivity index (χ0n) is 28.0. The average molecular weight is 636 g/mol. The van der Waals surface area contributed by atoms with Crippen molar-refractivity contribution in [2.45, 2.75) is 91.1 Å². The lowest BCUT2D eigenvalue weighted by Crippen LogP contribution is -2.60. The highest BCUT2D eigenvalue weighted by molar-refractivity contribution is 5.96. The molecule has 0 saturated carbocycles. The third-order valence-electron chi connectivity index (χ3n) is 10.0. The highest BCUT2D eigenvalue weighted by Gasteiger charge is 2.43. The van der Waals surface area contributed by atoms with Gasteiger partial charge in [0.25, 0.3) is 0 Å². The SMILES string of the molecule is COc1cc2cc(c1OC)CCCNC(=O)CCC[C@H]1[C@@H]3C[C@@H](CN(C(=O)CCn4nc(C)c(C(C)=O)c4C)C3)CN1C(=O)CC2. The zero-order valence-corrected chi connectivity index (χ0v) is 28.0. The van der Waals surface area contributed by atoms with Gasteiger partial charge in [0.05, 0.1) is 25.5 Å². The molecule has 3 aliphatic heterocycles. The second kappa shape index (κ2) is 14.7. The molecule has 11 nitrogen and oxygen atoms in total. The standard InChI is InChI=1S/C35H49N5O6/c1-22-34(24(3)41)23(2)40(37-22)15-13-32(43)38-19-26-17-28(21-38)29-9-6-10-31(42)36-14-7-8-27-16-25(11-12-33(44)39(29)20-26)18-30(45-4)35(27)46-5/h16,18,26,28-29H,6-15,17,19-21H2,1-5H3,(H,36,42)/t26-,28+,29-/m0/s1. The first-order chi connectivity index (χ1) is 22.1. The summed E-state index contributed by atoms with van der Waals surface area (Å²) in [5.41, 5.74) is 4.15. The summed E-state index contributed by atoms with van der Waals surface area (Å²) >= 11 is 0. The summed E-state index contributed by atoms with van der Waals surface area (Å²) in [7, 11) is 3.25. The van der Waals surface area contributed by atoms with Gasteiger partial charge < -0.3 is 24.6 Å². The molecule has 46 heavy (non-hydrogen) atoms. The molecule has 2 saturated heterocycles. The van der Waals surface area contributed by atoms with Gasteiger partial charge in [-0.25, -0.2) is 0 Å². The van der Waals surface area contributed by atoms with Crippen LogP contribution in [0.15, 0.2) is 12.1 Å². The number of fused-ring (bicyclic) bond motifs is 6. The number of piperidine rings is 2. The molecule has 1 aromatic heterocycles. The fourth-order valence-corrected chi connectivity index (χ4v) is 7.89. The molecular formula is C35H49N5O6. The monoisotopic (exact) mass is 635 g/mol. The van der Waals surface area contributed by atoms with E-state index in [4.69, 9.17) is 9.47 Å². The van der Waals surface area contributed by atoms with Crippen LogP contribution in [0.1, 0.15) is 84.7 Å². The molecule has 5 rings (SSSR count). The maximum atomic E-state index is 13.9. The van der Waals surface area contributed by atoms with Crippen LogP contribution < -0.4 is 14.8 Å². The van der Waals surface area contributed by atoms with Crippen LogP contribution in [0, 0.1) is 25.7 Å². The van der Waals surface area contributed by atoms with E-state index < -0.39 is 0 Å². The van der Waals surface area contributed by atoms with E-state index in [9.17, 15) is 19.2 Å². The van der Waals surface area contributed by atoms with Crippen LogP contribution in [0.5, 0.6) is 11.5 Å². The number of rotatable bonds is 6. The van der Waals surface area contributed by atoms with E-state index in [0.29, 0.717) is 87.6 Å². The number of nitrogens with zero attached hydrogens (tertiary/aromatic N) is 4. The van der Waals surface area contributed by atoms with Gasteiger partial charge in [-0.3, -0.25) is 23.9 Å². The number of ether oxygens (including phenoxy) is 2. The Morgan fingerprint density at radius 1 is 1.00 bits per heavy atom. The first kappa shape index (κ1) is 33.5. The van der Waals surface area contributed by atoms with Crippen molar-refractivity contribution < 1.29 is 28.7 Å². The van der Waals surface area contributed by atoms with Crippen LogP contribution >= 0.6 is 0 Å². The summed E-state index contributed by atoms with van der Waals surface area (Å²) in [4.78, 5) is 56.1. The summed E-state index contributed by atoms with van der Waals surface area (Å²) in [5.74, 6) is 1.92. The minimum absolute atomic E-state index is 0.0178. The predicted octanol–water partition coefficient (Wildman–Crippen LogP) is 3.65. The second-order valence-corrected chi connectivity index (χ2v) is 13.2. The Kier molecular flexibility index (Phi) is 10.7. The lowest BCUT2D eigenvalue weighted by Gasteiger charge is -2.51. The Morgan fingerprint density at radius 2 is 1.80 bits per heavy atom. The van der Waals surface area contributed by atoms with Crippen molar-refractivity contribution in [2.75, 3.05) is 40.4 Å². The number of nitrogens with one attached hydrogen (secondary N) is 1. The molecule has 0 radical (unpaired) electrons. The molecular weight excluding hydrogens is 586 g/mol. The van der Waals surface area contributed by atoms with Crippen LogP contribution in [0.4, 0.5) is 0 Å². The van der Waals surface area contributed by atoms with Crippen molar-refractivity contribution in [1.29, 1.82) is 0 Å². The molecule has 4 heterocycles. The number of methoxy groups -OCH3 is 2. The Bertz CT molecular complexity index is 1470. The summed E-state index contributed by atoms with van der Waals surface area (Å²) in [5, 5.41) is 7.57. The minimum atomic E-state index is -0.0184. The zero-order chi connectivity index (χ0) is 33.0. The van der Waals surface area contributed by atoms with E-state index in [-0.39, 0.29) is 41.4 Å². The van der Waals surface area contributed by atoms with E-state index in [1.807, 2.05) is 24.8 Å². The van der Waals surface area contributed by atoms with E-state index in [1.165, 1.54) is 0 Å². The van der Waals surface area contributed by atoms with Gasteiger partial charge in [-0.05, 0) is 88.3 Å². The predicted molar refractivity (Wildman–Crippen MR) is 173 cm³/mol. The first-order valence-electron chi connectivity index (χ1n) is 16.7. The first-order valence-corrected chi connectivity index (χ1v) is 16.7. The molecule has 250 valence electrons. The van der Waals surface area contributed by atoms with Crippen molar-refractivity contribution >= 4 is 23.5 Å². The number of carbonyl (C=O) groups is 4. The highest BCUT2D eigenvalue weighted by Crippen LogP contribution is 2.37. The highest BCUT2D eigenvalue weighted by atomic mass is 16.5. The Balaban J connectivity index is 1.30. The van der Waals surface area contributed by atoms with Crippen molar-refractivity contribution in [2.24, 2.45) is 11.8 Å². The van der Waals surface area contributed by atoms with Gasteiger partial charge >= 0.3 is 0 Å². The quantitative estimate of drug-likeness (QED) is 0.481. The summed E-state index contributed by atoms with van der Waals surface area (Å²) in [6.07, 6.45) is 5.61. The molecule has 1 aromatic carbocycles. The van der Waals surface area contributed by atoms with E-state index in [2.05, 4.69) is 21.4 Å². The van der Waals surface area contributed by atoms with Crippen molar-refractivity contribution in [3.63, 3.8) is 0 Å². The minimum Gasteiger partial charge on any atom is -0.493 e. The number of Topliss-reactive ketones (excluding diaryl/α,β-unsaturated/α-hetero) is 1. The van der Waals surface area contributed by atoms with Gasteiger partial charge in [0.1, 0.15) is 0 Å². The number of hydrogen-bond acceptors (Lipinski definition) is 7. The van der Waals surface area contributed by atoms with E-state index in [1.54, 1.807) is 25.8 Å². The molecule has 3 amide bonds. The maximum Gasteiger partial charge on any atom is 0.224 e. The number of benzene rings is 1. The summed E-state index contributed by atoms with van der Waals surface area (Å²) < 4.78 is 13.1. The molecule has 0 unspecified atom stereocenters. The molecule has 11 heteroatoms. The third-order valence-corrected chi connectivity index (χ3v) is 10.0. The van der Waals surface area contributed by atoms with Gasteiger partial charge in [0.2, 0.25) is 17.7 Å². The largest absolute Gasteiger partial charge is 0.493 e. The normalized spacial score (nSPS) is 22.6. The number of aryl methyl sites for hydroxylation is 4. The van der Waals surface area contributed by atoms with Crippen molar-refractivity contribution in [3.8, 4) is 11.5 Å². The third kappa shape index (κ3) is 7.39. The maximum absolute atomic E-state index is 13.9. The van der Waals surface area contributed by atoms with E-state index in [0.717, 1.165) is 42.5 Å². The van der Waals surface area contributed by atoms with Crippen LogP contribution in [0.25, 0.3) is 0 Å². The molecule has 2 fully saturated rings. The van der Waals surface area contributed by atoms with Crippen LogP contribution in [0.2, 0.25) is 0 Å². The number of ketones is 1. The molecule has 0 aliphatic carbocycles.